The van der Waals surface area contributed by atoms with E-state index in [1.807, 2.05) is 26.2 Å². The molecule has 2 fully saturated rings. The van der Waals surface area contributed by atoms with Gasteiger partial charge in [-0.25, -0.2) is 0 Å². The summed E-state index contributed by atoms with van der Waals surface area (Å²) in [5.74, 6) is 0. The van der Waals surface area contributed by atoms with Gasteiger partial charge in [0.05, 0.1) is 0 Å². The van der Waals surface area contributed by atoms with Gasteiger partial charge in [0.1, 0.15) is 0 Å². The molecule has 3 heterocycles. The number of nitrogens with zero attached hydrogens (tertiary/aromatic N) is 2. The molecule has 1 unspecified atom stereocenters. The minimum atomic E-state index is 0.528. The van der Waals surface area contributed by atoms with Crippen molar-refractivity contribution in [3.05, 3.63) is 24.5 Å². The molecule has 19 heavy (non-hydrogen) atoms. The second kappa shape index (κ2) is 6.90. The third-order valence-corrected chi connectivity index (χ3v) is 4.25. The largest absolute Gasteiger partial charge is 0.371 e. The van der Waals surface area contributed by atoms with Crippen LogP contribution in [0.15, 0.2) is 24.5 Å². The van der Waals surface area contributed by atoms with Gasteiger partial charge in [0, 0.05) is 43.1 Å². The summed E-state index contributed by atoms with van der Waals surface area (Å²) in [5, 5.41) is 3.58. The molecule has 3 rings (SSSR count). The average molecular weight is 261 g/mol. The van der Waals surface area contributed by atoms with Crippen molar-refractivity contribution in [1.29, 1.82) is 0 Å². The van der Waals surface area contributed by atoms with Gasteiger partial charge in [-0.1, -0.05) is 13.8 Å². The van der Waals surface area contributed by atoms with Gasteiger partial charge >= 0.3 is 0 Å². The van der Waals surface area contributed by atoms with Crippen molar-refractivity contribution in [2.24, 2.45) is 5.41 Å². The number of rotatable bonds is 1. The lowest BCUT2D eigenvalue weighted by Crippen LogP contribution is -2.51. The van der Waals surface area contributed by atoms with Gasteiger partial charge < -0.3 is 10.2 Å². The predicted octanol–water partition coefficient (Wildman–Crippen LogP) is 3.08. The van der Waals surface area contributed by atoms with Crippen LogP contribution in [-0.2, 0) is 0 Å². The molecule has 0 radical (unpaired) electrons. The number of piperidine rings is 2. The van der Waals surface area contributed by atoms with Crippen LogP contribution < -0.4 is 10.2 Å². The number of aromatic nitrogens is 1. The van der Waals surface area contributed by atoms with E-state index in [1.165, 1.54) is 57.5 Å². The monoisotopic (exact) mass is 261 g/mol. The number of anilines is 1. The molecule has 106 valence electrons. The maximum Gasteiger partial charge on any atom is 0.0397 e. The Balaban J connectivity index is 0.000000637. The molecule has 0 amide bonds. The second-order valence-electron chi connectivity index (χ2n) is 5.51. The average Bonchev–Trinajstić information content (AvgIpc) is 2.51. The molecular formula is C16H27N3. The molecule has 1 spiro atoms. The first-order valence-corrected chi connectivity index (χ1v) is 7.74. The summed E-state index contributed by atoms with van der Waals surface area (Å²) >= 11 is 0. The molecule has 2 saturated heterocycles. The zero-order valence-corrected chi connectivity index (χ0v) is 12.4. The third kappa shape index (κ3) is 3.47. The van der Waals surface area contributed by atoms with Gasteiger partial charge in [-0.2, -0.15) is 0 Å². The maximum atomic E-state index is 4.11. The molecule has 3 heteroatoms. The quantitative estimate of drug-likeness (QED) is 0.842. The fourth-order valence-corrected chi connectivity index (χ4v) is 3.36. The highest BCUT2D eigenvalue weighted by Crippen LogP contribution is 2.37. The SMILES string of the molecule is CC.c1cc(N2CCCC3(CCCNC3)C2)ccn1. The summed E-state index contributed by atoms with van der Waals surface area (Å²) in [6, 6.07) is 4.27. The van der Waals surface area contributed by atoms with Crippen LogP contribution in [0.3, 0.4) is 0 Å². The first-order valence-electron chi connectivity index (χ1n) is 7.74. The van der Waals surface area contributed by atoms with Crippen LogP contribution in [0.1, 0.15) is 39.5 Å². The zero-order valence-electron chi connectivity index (χ0n) is 12.4. The van der Waals surface area contributed by atoms with E-state index in [9.17, 15) is 0 Å². The number of hydrogen-bond acceptors (Lipinski definition) is 3. The van der Waals surface area contributed by atoms with Crippen LogP contribution in [0.25, 0.3) is 0 Å². The van der Waals surface area contributed by atoms with Crippen molar-refractivity contribution in [3.63, 3.8) is 0 Å². The third-order valence-electron chi connectivity index (χ3n) is 4.25. The summed E-state index contributed by atoms with van der Waals surface area (Å²) in [6.45, 7) is 8.82. The number of hydrogen-bond donors (Lipinski definition) is 1. The lowest BCUT2D eigenvalue weighted by atomic mass is 9.74. The summed E-state index contributed by atoms with van der Waals surface area (Å²) in [4.78, 5) is 6.65. The van der Waals surface area contributed by atoms with Crippen molar-refractivity contribution < 1.29 is 0 Å². The normalized spacial score (nSPS) is 26.7. The fourth-order valence-electron chi connectivity index (χ4n) is 3.36. The highest BCUT2D eigenvalue weighted by molar-refractivity contribution is 5.45. The minimum Gasteiger partial charge on any atom is -0.371 e. The van der Waals surface area contributed by atoms with Gasteiger partial charge in [0.15, 0.2) is 0 Å². The molecule has 1 aromatic heterocycles. The second-order valence-corrected chi connectivity index (χ2v) is 5.51. The van der Waals surface area contributed by atoms with E-state index in [-0.39, 0.29) is 0 Å². The highest BCUT2D eigenvalue weighted by atomic mass is 15.2. The smallest absolute Gasteiger partial charge is 0.0397 e. The summed E-state index contributed by atoms with van der Waals surface area (Å²) in [6.07, 6.45) is 9.24. The molecule has 1 aromatic rings. The minimum absolute atomic E-state index is 0.528. The van der Waals surface area contributed by atoms with Crippen molar-refractivity contribution in [1.82, 2.24) is 10.3 Å². The Bertz CT molecular complexity index is 352. The van der Waals surface area contributed by atoms with Crippen LogP contribution in [-0.4, -0.2) is 31.2 Å². The molecule has 0 saturated carbocycles. The van der Waals surface area contributed by atoms with Crippen LogP contribution in [0.4, 0.5) is 5.69 Å². The summed E-state index contributed by atoms with van der Waals surface area (Å²) < 4.78 is 0. The Morgan fingerprint density at radius 2 is 1.89 bits per heavy atom. The maximum absolute atomic E-state index is 4.11. The van der Waals surface area contributed by atoms with Crippen LogP contribution in [0, 0.1) is 5.41 Å². The topological polar surface area (TPSA) is 28.2 Å². The molecule has 0 aromatic carbocycles. The van der Waals surface area contributed by atoms with E-state index >= 15 is 0 Å². The molecule has 1 N–H and O–H groups in total. The van der Waals surface area contributed by atoms with Crippen molar-refractivity contribution in [3.8, 4) is 0 Å². The lowest BCUT2D eigenvalue weighted by molar-refractivity contribution is 0.173. The highest BCUT2D eigenvalue weighted by Gasteiger charge is 2.36. The molecule has 0 aliphatic carbocycles. The van der Waals surface area contributed by atoms with Gasteiger partial charge in [-0.15, -0.1) is 0 Å². The number of nitrogens with one attached hydrogen (secondary N) is 1. The van der Waals surface area contributed by atoms with E-state index in [0.717, 1.165) is 0 Å². The first-order chi connectivity index (χ1) is 9.38. The Morgan fingerprint density at radius 1 is 1.16 bits per heavy atom. The standard InChI is InChI=1S/C14H21N3.C2H6/c1-5-14(11-16-7-1)6-2-10-17(12-14)13-3-8-15-9-4-13;1-2/h3-4,8-9,16H,1-2,5-7,10-12H2;1-2H3. The zero-order chi connectivity index (χ0) is 13.6. The van der Waals surface area contributed by atoms with Crippen molar-refractivity contribution in [2.45, 2.75) is 39.5 Å². The van der Waals surface area contributed by atoms with Crippen molar-refractivity contribution >= 4 is 5.69 Å². The van der Waals surface area contributed by atoms with Gasteiger partial charge in [0.2, 0.25) is 0 Å². The van der Waals surface area contributed by atoms with Crippen LogP contribution in [0.2, 0.25) is 0 Å². The van der Waals surface area contributed by atoms with E-state index in [4.69, 9.17) is 0 Å². The molecule has 0 bridgehead atoms. The molecular weight excluding hydrogens is 234 g/mol. The molecule has 3 nitrogen and oxygen atoms in total. The fraction of sp³-hybridized carbons (Fsp3) is 0.688. The van der Waals surface area contributed by atoms with Gasteiger partial charge in [0.25, 0.3) is 0 Å². The van der Waals surface area contributed by atoms with Gasteiger partial charge in [-0.3, -0.25) is 4.98 Å². The Morgan fingerprint density at radius 3 is 2.58 bits per heavy atom. The first kappa shape index (κ1) is 14.3. The van der Waals surface area contributed by atoms with E-state index in [0.29, 0.717) is 5.41 Å². The van der Waals surface area contributed by atoms with Crippen molar-refractivity contribution in [2.75, 3.05) is 31.1 Å². The lowest BCUT2D eigenvalue weighted by Gasteiger charge is -2.46. The molecule has 2 aliphatic heterocycles. The summed E-state index contributed by atoms with van der Waals surface area (Å²) in [5.41, 5.74) is 1.87. The van der Waals surface area contributed by atoms with Crippen LogP contribution >= 0.6 is 0 Å². The molecule has 1 atom stereocenters. The van der Waals surface area contributed by atoms with Crippen LogP contribution in [0.5, 0.6) is 0 Å². The van der Waals surface area contributed by atoms with E-state index in [1.54, 1.807) is 0 Å². The van der Waals surface area contributed by atoms with E-state index in [2.05, 4.69) is 27.3 Å². The Kier molecular flexibility index (Phi) is 5.20. The number of pyridine rings is 1. The Labute approximate surface area is 117 Å². The predicted molar refractivity (Wildman–Crippen MR) is 81.6 cm³/mol. The Hall–Kier alpha value is -1.09. The van der Waals surface area contributed by atoms with E-state index < -0.39 is 0 Å². The molecule has 2 aliphatic rings. The summed E-state index contributed by atoms with van der Waals surface area (Å²) in [7, 11) is 0. The van der Waals surface area contributed by atoms with Gasteiger partial charge in [-0.05, 0) is 44.4 Å².